The highest BCUT2D eigenvalue weighted by Gasteiger charge is 2.24. The zero-order chi connectivity index (χ0) is 21.6. The van der Waals surface area contributed by atoms with E-state index in [1.165, 1.54) is 0 Å². The normalized spacial score (nSPS) is 15.1. The topological polar surface area (TPSA) is 84.0 Å². The molecule has 0 aliphatic carbocycles. The van der Waals surface area contributed by atoms with Gasteiger partial charge in [-0.05, 0) is 36.2 Å². The molecule has 164 valence electrons. The molecule has 1 N–H and O–H groups in total. The lowest BCUT2D eigenvalue weighted by Crippen LogP contribution is -2.49. The van der Waals surface area contributed by atoms with E-state index in [1.54, 1.807) is 18.3 Å². The summed E-state index contributed by atoms with van der Waals surface area (Å²) in [7, 11) is 0. The van der Waals surface area contributed by atoms with E-state index in [-0.39, 0.29) is 18.6 Å². The predicted molar refractivity (Wildman–Crippen MR) is 116 cm³/mol. The van der Waals surface area contributed by atoms with Crippen LogP contribution in [0.2, 0.25) is 0 Å². The minimum absolute atomic E-state index is 0.179. The standard InChI is InChI=1S/C23H28N4O4/c1-2-3-6-21(28)26-10-12-27(13-11-26)22-18(5-4-9-24-22)23(29)25-15-17-7-8-19-20(14-17)31-16-30-19/h4-5,7-9,14H,2-3,6,10-13,15-16H2,1H3,(H,25,29). The van der Waals surface area contributed by atoms with E-state index in [1.807, 2.05) is 23.1 Å². The van der Waals surface area contributed by atoms with Gasteiger partial charge in [0, 0.05) is 45.3 Å². The summed E-state index contributed by atoms with van der Waals surface area (Å²) in [6, 6.07) is 9.19. The van der Waals surface area contributed by atoms with Crippen molar-refractivity contribution in [3.05, 3.63) is 47.7 Å². The molecule has 3 heterocycles. The van der Waals surface area contributed by atoms with Crippen molar-refractivity contribution in [1.29, 1.82) is 0 Å². The fourth-order valence-electron chi connectivity index (χ4n) is 3.81. The van der Waals surface area contributed by atoms with Crippen LogP contribution in [-0.4, -0.2) is 54.7 Å². The van der Waals surface area contributed by atoms with Crippen molar-refractivity contribution in [3.63, 3.8) is 0 Å². The Labute approximate surface area is 182 Å². The van der Waals surface area contributed by atoms with E-state index in [4.69, 9.17) is 9.47 Å². The van der Waals surface area contributed by atoms with Crippen molar-refractivity contribution in [2.45, 2.75) is 32.7 Å². The second kappa shape index (κ2) is 9.68. The predicted octanol–water partition coefficient (Wildman–Crippen LogP) is 2.58. The van der Waals surface area contributed by atoms with Gasteiger partial charge >= 0.3 is 0 Å². The molecule has 0 atom stereocenters. The van der Waals surface area contributed by atoms with Gasteiger partial charge in [-0.2, -0.15) is 0 Å². The molecule has 1 aromatic heterocycles. The third-order valence-corrected chi connectivity index (χ3v) is 5.60. The minimum atomic E-state index is -0.179. The maximum Gasteiger partial charge on any atom is 0.255 e. The molecular formula is C23H28N4O4. The van der Waals surface area contributed by atoms with E-state index in [2.05, 4.69) is 22.1 Å². The van der Waals surface area contributed by atoms with Crippen LogP contribution in [0.25, 0.3) is 0 Å². The van der Waals surface area contributed by atoms with Gasteiger partial charge in [-0.3, -0.25) is 9.59 Å². The Morgan fingerprint density at radius 3 is 2.71 bits per heavy atom. The Kier molecular flexibility index (Phi) is 6.54. The number of anilines is 1. The van der Waals surface area contributed by atoms with Crippen molar-refractivity contribution in [1.82, 2.24) is 15.2 Å². The van der Waals surface area contributed by atoms with Gasteiger partial charge in [0.25, 0.3) is 5.91 Å². The summed E-state index contributed by atoms with van der Waals surface area (Å²) in [5.74, 6) is 2.11. The molecule has 2 aliphatic rings. The second-order valence-electron chi connectivity index (χ2n) is 7.72. The summed E-state index contributed by atoms with van der Waals surface area (Å²) in [5, 5.41) is 2.97. The number of benzene rings is 1. The van der Waals surface area contributed by atoms with Crippen molar-refractivity contribution in [3.8, 4) is 11.5 Å². The Morgan fingerprint density at radius 1 is 1.10 bits per heavy atom. The van der Waals surface area contributed by atoms with Crippen LogP contribution >= 0.6 is 0 Å². The Balaban J connectivity index is 1.37. The Morgan fingerprint density at radius 2 is 1.90 bits per heavy atom. The smallest absolute Gasteiger partial charge is 0.255 e. The van der Waals surface area contributed by atoms with Gasteiger partial charge < -0.3 is 24.6 Å². The number of unbranched alkanes of at least 4 members (excludes halogenated alkanes) is 1. The molecule has 0 radical (unpaired) electrons. The highest BCUT2D eigenvalue weighted by molar-refractivity contribution is 5.98. The first-order valence-corrected chi connectivity index (χ1v) is 10.8. The average molecular weight is 425 g/mol. The summed E-state index contributed by atoms with van der Waals surface area (Å²) in [6.07, 6.45) is 4.24. The fourth-order valence-corrected chi connectivity index (χ4v) is 3.81. The number of aromatic nitrogens is 1. The van der Waals surface area contributed by atoms with E-state index in [0.717, 1.165) is 24.2 Å². The van der Waals surface area contributed by atoms with Crippen LogP contribution in [0, 0.1) is 0 Å². The van der Waals surface area contributed by atoms with Crippen molar-refractivity contribution in [2.75, 3.05) is 37.9 Å². The van der Waals surface area contributed by atoms with Crippen LogP contribution in [0.1, 0.15) is 42.1 Å². The molecule has 2 aromatic rings. The average Bonchev–Trinajstić information content (AvgIpc) is 3.29. The van der Waals surface area contributed by atoms with Crippen molar-refractivity contribution >= 4 is 17.6 Å². The molecule has 4 rings (SSSR count). The molecule has 2 aliphatic heterocycles. The fraction of sp³-hybridized carbons (Fsp3) is 0.435. The number of amides is 2. The minimum Gasteiger partial charge on any atom is -0.454 e. The van der Waals surface area contributed by atoms with Gasteiger partial charge in [0.2, 0.25) is 12.7 Å². The number of pyridine rings is 1. The molecule has 0 bridgehead atoms. The van der Waals surface area contributed by atoms with E-state index < -0.39 is 0 Å². The number of fused-ring (bicyclic) bond motifs is 1. The maximum absolute atomic E-state index is 12.9. The molecule has 1 fully saturated rings. The number of ether oxygens (including phenoxy) is 2. The molecule has 31 heavy (non-hydrogen) atoms. The van der Waals surface area contributed by atoms with Gasteiger partial charge in [0.1, 0.15) is 5.82 Å². The Bertz CT molecular complexity index is 941. The lowest BCUT2D eigenvalue weighted by atomic mass is 10.1. The van der Waals surface area contributed by atoms with Crippen LogP contribution in [0.5, 0.6) is 11.5 Å². The molecule has 1 saturated heterocycles. The number of carbonyl (C=O) groups is 2. The van der Waals surface area contributed by atoms with Gasteiger partial charge in [-0.1, -0.05) is 19.4 Å². The molecular weight excluding hydrogens is 396 g/mol. The lowest BCUT2D eigenvalue weighted by Gasteiger charge is -2.36. The highest BCUT2D eigenvalue weighted by atomic mass is 16.7. The number of nitrogens with one attached hydrogen (secondary N) is 1. The summed E-state index contributed by atoms with van der Waals surface area (Å²) < 4.78 is 10.7. The molecule has 2 amide bonds. The zero-order valence-corrected chi connectivity index (χ0v) is 17.8. The molecule has 1 aromatic carbocycles. The first kappa shape index (κ1) is 21.0. The van der Waals surface area contributed by atoms with Crippen LogP contribution in [0.4, 0.5) is 5.82 Å². The van der Waals surface area contributed by atoms with Gasteiger partial charge in [-0.25, -0.2) is 4.98 Å². The van der Waals surface area contributed by atoms with Crippen LogP contribution in [0.3, 0.4) is 0 Å². The summed E-state index contributed by atoms with van der Waals surface area (Å²) in [5.41, 5.74) is 1.47. The third kappa shape index (κ3) is 4.90. The highest BCUT2D eigenvalue weighted by Crippen LogP contribution is 2.32. The Hall–Kier alpha value is -3.29. The summed E-state index contributed by atoms with van der Waals surface area (Å²) >= 11 is 0. The molecule has 0 unspecified atom stereocenters. The monoisotopic (exact) mass is 424 g/mol. The third-order valence-electron chi connectivity index (χ3n) is 5.60. The van der Waals surface area contributed by atoms with Crippen molar-refractivity contribution in [2.24, 2.45) is 0 Å². The molecule has 0 saturated carbocycles. The van der Waals surface area contributed by atoms with E-state index >= 15 is 0 Å². The van der Waals surface area contributed by atoms with E-state index in [9.17, 15) is 9.59 Å². The molecule has 8 heteroatoms. The first-order chi connectivity index (χ1) is 15.2. The van der Waals surface area contributed by atoms with Crippen molar-refractivity contribution < 1.29 is 19.1 Å². The van der Waals surface area contributed by atoms with E-state index in [0.29, 0.717) is 56.3 Å². The van der Waals surface area contributed by atoms with Crippen LogP contribution in [0.15, 0.2) is 36.5 Å². The molecule has 8 nitrogen and oxygen atoms in total. The largest absolute Gasteiger partial charge is 0.454 e. The molecule has 0 spiro atoms. The number of hydrogen-bond acceptors (Lipinski definition) is 6. The number of nitrogens with zero attached hydrogens (tertiary/aromatic N) is 3. The van der Waals surface area contributed by atoms with Gasteiger partial charge in [-0.15, -0.1) is 0 Å². The maximum atomic E-state index is 12.9. The zero-order valence-electron chi connectivity index (χ0n) is 17.8. The van der Waals surface area contributed by atoms with Crippen LogP contribution < -0.4 is 19.7 Å². The lowest BCUT2D eigenvalue weighted by molar-refractivity contribution is -0.131. The summed E-state index contributed by atoms with van der Waals surface area (Å²) in [6.45, 7) is 5.32. The second-order valence-corrected chi connectivity index (χ2v) is 7.72. The number of piperazine rings is 1. The number of hydrogen-bond donors (Lipinski definition) is 1. The number of rotatable bonds is 7. The quantitative estimate of drug-likeness (QED) is 0.736. The van der Waals surface area contributed by atoms with Gasteiger partial charge in [0.05, 0.1) is 5.56 Å². The van der Waals surface area contributed by atoms with Crippen LogP contribution in [-0.2, 0) is 11.3 Å². The summed E-state index contributed by atoms with van der Waals surface area (Å²) in [4.78, 5) is 33.6. The number of carbonyl (C=O) groups excluding carboxylic acids is 2. The van der Waals surface area contributed by atoms with Gasteiger partial charge in [0.15, 0.2) is 11.5 Å². The SMILES string of the molecule is CCCCC(=O)N1CCN(c2ncccc2C(=O)NCc2ccc3c(c2)OCO3)CC1. The first-order valence-electron chi connectivity index (χ1n) is 10.8.